The van der Waals surface area contributed by atoms with E-state index in [4.69, 9.17) is 0 Å². The van der Waals surface area contributed by atoms with Crippen molar-refractivity contribution in [3.63, 3.8) is 0 Å². The maximum absolute atomic E-state index is 12.3. The molecule has 6 heteroatoms. The molecule has 0 atom stereocenters. The molecule has 0 bridgehead atoms. The molecular formula is C22H31N5O. The molecule has 1 amide bonds. The molecule has 2 heterocycles. The summed E-state index contributed by atoms with van der Waals surface area (Å²) >= 11 is 0. The van der Waals surface area contributed by atoms with Crippen molar-refractivity contribution in [2.24, 2.45) is 5.92 Å². The highest BCUT2D eigenvalue weighted by Gasteiger charge is 2.14. The predicted octanol–water partition coefficient (Wildman–Crippen LogP) is 3.35. The summed E-state index contributed by atoms with van der Waals surface area (Å²) in [6, 6.07) is 11.9. The van der Waals surface area contributed by atoms with Crippen LogP contribution in [0.15, 0.2) is 42.6 Å². The minimum Gasteiger partial charge on any atom is -0.369 e. The molecule has 1 aromatic carbocycles. The standard InChI is InChI=1S/C22H31N5O/c1-17(2)8-10-24-22(28)18-9-11-23-21(16-18)25-19-4-6-20(7-5-19)27-14-12-26(3)13-15-27/h4-7,9,11,16-17H,8,10,12-15H2,1-3H3,(H,23,25)(H,24,28). The van der Waals surface area contributed by atoms with E-state index in [1.54, 1.807) is 18.3 Å². The van der Waals surface area contributed by atoms with Gasteiger partial charge < -0.3 is 20.4 Å². The molecule has 3 rings (SSSR count). The van der Waals surface area contributed by atoms with E-state index < -0.39 is 0 Å². The zero-order chi connectivity index (χ0) is 19.9. The van der Waals surface area contributed by atoms with Crippen molar-refractivity contribution in [2.75, 3.05) is 50.0 Å². The van der Waals surface area contributed by atoms with E-state index in [9.17, 15) is 4.79 Å². The van der Waals surface area contributed by atoms with Gasteiger partial charge >= 0.3 is 0 Å². The molecule has 0 unspecified atom stereocenters. The molecule has 6 nitrogen and oxygen atoms in total. The minimum atomic E-state index is -0.0588. The zero-order valence-electron chi connectivity index (χ0n) is 17.1. The third kappa shape index (κ3) is 5.70. The highest BCUT2D eigenvalue weighted by molar-refractivity contribution is 5.94. The van der Waals surface area contributed by atoms with E-state index in [0.717, 1.165) is 38.3 Å². The lowest BCUT2D eigenvalue weighted by Gasteiger charge is -2.34. The third-order valence-corrected chi connectivity index (χ3v) is 5.04. The Bertz CT molecular complexity index is 767. The lowest BCUT2D eigenvalue weighted by atomic mass is 10.1. The highest BCUT2D eigenvalue weighted by Crippen LogP contribution is 2.21. The first-order chi connectivity index (χ1) is 13.5. The second-order valence-corrected chi connectivity index (χ2v) is 7.83. The van der Waals surface area contributed by atoms with Crippen LogP contribution in [0, 0.1) is 5.92 Å². The summed E-state index contributed by atoms with van der Waals surface area (Å²) in [7, 11) is 2.16. The maximum atomic E-state index is 12.3. The van der Waals surface area contributed by atoms with Crippen LogP contribution in [0.25, 0.3) is 0 Å². The van der Waals surface area contributed by atoms with Gasteiger partial charge in [0.15, 0.2) is 0 Å². The van der Waals surface area contributed by atoms with Gasteiger partial charge in [-0.15, -0.1) is 0 Å². The van der Waals surface area contributed by atoms with Crippen LogP contribution in [-0.2, 0) is 0 Å². The van der Waals surface area contributed by atoms with Crippen LogP contribution in [0.5, 0.6) is 0 Å². The van der Waals surface area contributed by atoms with Crippen molar-refractivity contribution in [1.29, 1.82) is 0 Å². The fourth-order valence-corrected chi connectivity index (χ4v) is 3.18. The van der Waals surface area contributed by atoms with Gasteiger partial charge in [-0.3, -0.25) is 4.79 Å². The number of benzene rings is 1. The number of carbonyl (C=O) groups is 1. The summed E-state index contributed by atoms with van der Waals surface area (Å²) in [6.07, 6.45) is 2.64. The first kappa shape index (κ1) is 20.1. The van der Waals surface area contributed by atoms with Crippen LogP contribution in [0.2, 0.25) is 0 Å². The van der Waals surface area contributed by atoms with E-state index in [2.05, 4.69) is 70.6 Å². The topological polar surface area (TPSA) is 60.5 Å². The molecule has 1 aliphatic heterocycles. The van der Waals surface area contributed by atoms with Crippen molar-refractivity contribution < 1.29 is 4.79 Å². The Balaban J connectivity index is 1.58. The summed E-state index contributed by atoms with van der Waals surface area (Å²) in [5.41, 5.74) is 2.82. The monoisotopic (exact) mass is 381 g/mol. The minimum absolute atomic E-state index is 0.0588. The largest absolute Gasteiger partial charge is 0.369 e. The molecule has 1 saturated heterocycles. The third-order valence-electron chi connectivity index (χ3n) is 5.04. The number of carbonyl (C=O) groups excluding carboxylic acids is 1. The summed E-state index contributed by atoms with van der Waals surface area (Å²) in [5.74, 6) is 1.18. The second kappa shape index (κ2) is 9.55. The van der Waals surface area contributed by atoms with E-state index in [-0.39, 0.29) is 5.91 Å². The Kier molecular flexibility index (Phi) is 6.87. The number of hydrogen-bond donors (Lipinski definition) is 2. The van der Waals surface area contributed by atoms with Crippen LogP contribution >= 0.6 is 0 Å². The van der Waals surface area contributed by atoms with Crippen LogP contribution < -0.4 is 15.5 Å². The number of aromatic nitrogens is 1. The van der Waals surface area contributed by atoms with Gasteiger partial charge in [0.1, 0.15) is 5.82 Å². The normalized spacial score (nSPS) is 14.9. The molecule has 0 radical (unpaired) electrons. The lowest BCUT2D eigenvalue weighted by Crippen LogP contribution is -2.44. The molecular weight excluding hydrogens is 350 g/mol. The van der Waals surface area contributed by atoms with Gasteiger partial charge in [0.05, 0.1) is 0 Å². The van der Waals surface area contributed by atoms with E-state index in [1.165, 1.54) is 5.69 Å². The highest BCUT2D eigenvalue weighted by atomic mass is 16.1. The fourth-order valence-electron chi connectivity index (χ4n) is 3.18. The fraction of sp³-hybridized carbons (Fsp3) is 0.455. The summed E-state index contributed by atoms with van der Waals surface area (Å²) in [4.78, 5) is 21.4. The van der Waals surface area contributed by atoms with Crippen molar-refractivity contribution in [3.05, 3.63) is 48.2 Å². The predicted molar refractivity (Wildman–Crippen MR) is 115 cm³/mol. The van der Waals surface area contributed by atoms with Gasteiger partial charge in [-0.2, -0.15) is 0 Å². The van der Waals surface area contributed by atoms with Crippen LogP contribution in [0.4, 0.5) is 17.2 Å². The average molecular weight is 382 g/mol. The van der Waals surface area contributed by atoms with Crippen LogP contribution in [0.1, 0.15) is 30.6 Å². The first-order valence-corrected chi connectivity index (χ1v) is 10.1. The number of pyridine rings is 1. The van der Waals surface area contributed by atoms with Gasteiger partial charge in [-0.1, -0.05) is 13.8 Å². The summed E-state index contributed by atoms with van der Waals surface area (Å²) < 4.78 is 0. The zero-order valence-corrected chi connectivity index (χ0v) is 17.1. The molecule has 1 aliphatic rings. The molecule has 28 heavy (non-hydrogen) atoms. The van der Waals surface area contributed by atoms with Gasteiger partial charge in [0, 0.05) is 55.9 Å². The number of likely N-dealkylation sites (N-methyl/N-ethyl adjacent to an activating group) is 1. The Morgan fingerprint density at radius 1 is 1.11 bits per heavy atom. The quantitative estimate of drug-likeness (QED) is 0.770. The molecule has 0 spiro atoms. The van der Waals surface area contributed by atoms with Gasteiger partial charge in [-0.05, 0) is 55.8 Å². The molecule has 2 aromatic rings. The Hall–Kier alpha value is -2.60. The molecule has 0 saturated carbocycles. The lowest BCUT2D eigenvalue weighted by molar-refractivity contribution is 0.0952. The summed E-state index contributed by atoms with van der Waals surface area (Å²) in [5, 5.41) is 6.26. The van der Waals surface area contributed by atoms with E-state index >= 15 is 0 Å². The molecule has 1 aromatic heterocycles. The van der Waals surface area contributed by atoms with Crippen molar-refractivity contribution in [3.8, 4) is 0 Å². The number of amides is 1. The van der Waals surface area contributed by atoms with Gasteiger partial charge in [0.25, 0.3) is 5.91 Å². The number of nitrogens with one attached hydrogen (secondary N) is 2. The first-order valence-electron chi connectivity index (χ1n) is 10.1. The Morgan fingerprint density at radius 2 is 1.82 bits per heavy atom. The second-order valence-electron chi connectivity index (χ2n) is 7.83. The van der Waals surface area contributed by atoms with Crippen LogP contribution in [0.3, 0.4) is 0 Å². The van der Waals surface area contributed by atoms with E-state index in [1.807, 2.05) is 0 Å². The molecule has 1 fully saturated rings. The molecule has 150 valence electrons. The number of anilines is 3. The SMILES string of the molecule is CC(C)CCNC(=O)c1ccnc(Nc2ccc(N3CCN(C)CC3)cc2)c1. The smallest absolute Gasteiger partial charge is 0.251 e. The van der Waals surface area contributed by atoms with Gasteiger partial charge in [0.2, 0.25) is 0 Å². The number of nitrogens with zero attached hydrogens (tertiary/aromatic N) is 3. The van der Waals surface area contributed by atoms with Crippen molar-refractivity contribution >= 4 is 23.1 Å². The van der Waals surface area contributed by atoms with Crippen molar-refractivity contribution in [1.82, 2.24) is 15.2 Å². The van der Waals surface area contributed by atoms with E-state index in [0.29, 0.717) is 23.8 Å². The number of hydrogen-bond acceptors (Lipinski definition) is 5. The number of rotatable bonds is 7. The Labute approximate surface area is 167 Å². The molecule has 0 aliphatic carbocycles. The van der Waals surface area contributed by atoms with Crippen molar-refractivity contribution in [2.45, 2.75) is 20.3 Å². The van der Waals surface area contributed by atoms with Crippen LogP contribution in [-0.4, -0.2) is 55.6 Å². The maximum Gasteiger partial charge on any atom is 0.251 e. The molecule has 2 N–H and O–H groups in total. The number of piperazine rings is 1. The average Bonchev–Trinajstić information content (AvgIpc) is 2.69. The summed E-state index contributed by atoms with van der Waals surface area (Å²) in [6.45, 7) is 9.28. The Morgan fingerprint density at radius 3 is 2.50 bits per heavy atom. The van der Waals surface area contributed by atoms with Gasteiger partial charge in [-0.25, -0.2) is 4.98 Å².